The predicted octanol–water partition coefficient (Wildman–Crippen LogP) is -0.647. The van der Waals surface area contributed by atoms with Crippen LogP contribution in [0.5, 0.6) is 0 Å². The molecule has 0 spiro atoms. The van der Waals surface area contributed by atoms with Gasteiger partial charge in [-0.2, -0.15) is 0 Å². The van der Waals surface area contributed by atoms with Gasteiger partial charge in [0.1, 0.15) is 12.1 Å². The normalized spacial score (nSPS) is 26.4. The SMILES string of the molecule is O=C1C2Cc3nc[nH]c3CN2C(=O)C2Cc3nc[nH]c3CN12. The molecule has 3 aliphatic rings. The summed E-state index contributed by atoms with van der Waals surface area (Å²) in [4.78, 5) is 43.8. The molecule has 0 saturated carbocycles. The summed E-state index contributed by atoms with van der Waals surface area (Å²) >= 11 is 0. The first-order chi connectivity index (χ1) is 10.7. The summed E-state index contributed by atoms with van der Waals surface area (Å²) in [6.45, 7) is 0.866. The highest BCUT2D eigenvalue weighted by atomic mass is 16.2. The maximum atomic E-state index is 12.9. The third kappa shape index (κ3) is 1.41. The number of aromatic amines is 2. The summed E-state index contributed by atoms with van der Waals surface area (Å²) in [6.07, 6.45) is 4.23. The minimum Gasteiger partial charge on any atom is -0.347 e. The van der Waals surface area contributed by atoms with Crippen LogP contribution in [0.4, 0.5) is 0 Å². The third-order valence-corrected chi connectivity index (χ3v) is 4.93. The zero-order chi connectivity index (χ0) is 14.8. The lowest BCUT2D eigenvalue weighted by Crippen LogP contribution is -2.67. The molecule has 5 rings (SSSR count). The second-order valence-electron chi connectivity index (χ2n) is 6.03. The molecule has 1 saturated heterocycles. The Bertz CT molecular complexity index is 670. The van der Waals surface area contributed by atoms with Gasteiger partial charge in [-0.1, -0.05) is 0 Å². The van der Waals surface area contributed by atoms with E-state index in [9.17, 15) is 9.59 Å². The molecule has 8 nitrogen and oxygen atoms in total. The van der Waals surface area contributed by atoms with Crippen LogP contribution in [-0.2, 0) is 35.5 Å². The first-order valence-electron chi connectivity index (χ1n) is 7.35. The standard InChI is InChI=1S/C14H14N6O2/c21-13-11-1-7-9(17-5-15-7)3-19(11)14(22)12-2-8-10(4-20(12)13)18-6-16-8/h5-6,11-12H,1-4H2,(H,15,17)(H,16,18). The van der Waals surface area contributed by atoms with Crippen LogP contribution in [-0.4, -0.2) is 53.6 Å². The lowest BCUT2D eigenvalue weighted by molar-refractivity contribution is -0.164. The van der Waals surface area contributed by atoms with Crippen molar-refractivity contribution in [2.45, 2.75) is 38.0 Å². The summed E-state index contributed by atoms with van der Waals surface area (Å²) in [5, 5.41) is 0. The topological polar surface area (TPSA) is 98.0 Å². The summed E-state index contributed by atoms with van der Waals surface area (Å²) in [7, 11) is 0. The fourth-order valence-corrected chi connectivity index (χ4v) is 3.76. The number of piperazine rings is 1. The van der Waals surface area contributed by atoms with E-state index >= 15 is 0 Å². The molecule has 2 aromatic rings. The Morgan fingerprint density at radius 2 is 1.32 bits per heavy atom. The number of imidazole rings is 2. The van der Waals surface area contributed by atoms with Gasteiger partial charge in [-0.25, -0.2) is 9.97 Å². The minimum absolute atomic E-state index is 0.0125. The Morgan fingerprint density at radius 3 is 1.77 bits per heavy atom. The van der Waals surface area contributed by atoms with E-state index in [4.69, 9.17) is 0 Å². The number of rotatable bonds is 0. The zero-order valence-corrected chi connectivity index (χ0v) is 11.7. The molecule has 0 bridgehead atoms. The molecule has 2 N–H and O–H groups in total. The number of amides is 2. The highest BCUT2D eigenvalue weighted by Gasteiger charge is 2.50. The predicted molar refractivity (Wildman–Crippen MR) is 73.3 cm³/mol. The van der Waals surface area contributed by atoms with Gasteiger partial charge < -0.3 is 19.8 Å². The Labute approximate surface area is 125 Å². The molecule has 2 atom stereocenters. The van der Waals surface area contributed by atoms with E-state index in [0.717, 1.165) is 22.8 Å². The van der Waals surface area contributed by atoms with Gasteiger partial charge in [0.2, 0.25) is 11.8 Å². The fourth-order valence-electron chi connectivity index (χ4n) is 3.76. The van der Waals surface area contributed by atoms with Crippen LogP contribution in [0.15, 0.2) is 12.7 Å². The van der Waals surface area contributed by atoms with E-state index in [1.807, 2.05) is 0 Å². The first-order valence-corrected chi connectivity index (χ1v) is 7.35. The van der Waals surface area contributed by atoms with Crippen LogP contribution >= 0.6 is 0 Å². The number of nitrogens with zero attached hydrogens (tertiary/aromatic N) is 4. The van der Waals surface area contributed by atoms with Gasteiger partial charge in [0, 0.05) is 12.8 Å². The van der Waals surface area contributed by atoms with Crippen LogP contribution in [0.3, 0.4) is 0 Å². The van der Waals surface area contributed by atoms with E-state index in [0.29, 0.717) is 25.9 Å². The first kappa shape index (κ1) is 12.0. The van der Waals surface area contributed by atoms with Gasteiger partial charge >= 0.3 is 0 Å². The number of carbonyl (C=O) groups is 2. The number of H-pyrrole nitrogens is 2. The summed E-state index contributed by atoms with van der Waals surface area (Å²) in [5.41, 5.74) is 3.64. The van der Waals surface area contributed by atoms with E-state index in [-0.39, 0.29) is 11.8 Å². The molecule has 3 aliphatic heterocycles. The van der Waals surface area contributed by atoms with Crippen LogP contribution in [0, 0.1) is 0 Å². The maximum Gasteiger partial charge on any atom is 0.246 e. The number of carbonyl (C=O) groups excluding carboxylic acids is 2. The number of nitrogens with one attached hydrogen (secondary N) is 2. The van der Waals surface area contributed by atoms with Crippen molar-refractivity contribution in [1.82, 2.24) is 29.7 Å². The number of hydrogen-bond acceptors (Lipinski definition) is 4. The van der Waals surface area contributed by atoms with Crippen molar-refractivity contribution in [2.24, 2.45) is 0 Å². The van der Waals surface area contributed by atoms with E-state index in [1.165, 1.54) is 0 Å². The van der Waals surface area contributed by atoms with Gasteiger partial charge in [0.05, 0.1) is 48.5 Å². The Kier molecular flexibility index (Phi) is 2.15. The molecule has 2 aromatic heterocycles. The molecule has 112 valence electrons. The van der Waals surface area contributed by atoms with Crippen LogP contribution in [0.2, 0.25) is 0 Å². The van der Waals surface area contributed by atoms with Crippen molar-refractivity contribution in [1.29, 1.82) is 0 Å². The van der Waals surface area contributed by atoms with Crippen molar-refractivity contribution >= 4 is 11.8 Å². The van der Waals surface area contributed by atoms with E-state index in [2.05, 4.69) is 19.9 Å². The van der Waals surface area contributed by atoms with Crippen molar-refractivity contribution in [3.63, 3.8) is 0 Å². The smallest absolute Gasteiger partial charge is 0.246 e. The van der Waals surface area contributed by atoms with Crippen LogP contribution < -0.4 is 0 Å². The average molecular weight is 298 g/mol. The van der Waals surface area contributed by atoms with Gasteiger partial charge in [-0.05, 0) is 0 Å². The molecular formula is C14H14N6O2. The van der Waals surface area contributed by atoms with Crippen molar-refractivity contribution in [3.8, 4) is 0 Å². The highest BCUT2D eigenvalue weighted by Crippen LogP contribution is 2.32. The monoisotopic (exact) mass is 298 g/mol. The van der Waals surface area contributed by atoms with E-state index < -0.39 is 12.1 Å². The molecule has 1 fully saturated rings. The molecule has 5 heterocycles. The molecule has 2 unspecified atom stereocenters. The number of fused-ring (bicyclic) bond motifs is 4. The van der Waals surface area contributed by atoms with Gasteiger partial charge in [-0.15, -0.1) is 0 Å². The molecule has 22 heavy (non-hydrogen) atoms. The summed E-state index contributed by atoms with van der Waals surface area (Å²) in [5.74, 6) is 0.0250. The lowest BCUT2D eigenvalue weighted by Gasteiger charge is -2.47. The second-order valence-corrected chi connectivity index (χ2v) is 6.03. The van der Waals surface area contributed by atoms with Crippen molar-refractivity contribution in [3.05, 3.63) is 35.4 Å². The molecule has 0 radical (unpaired) electrons. The Hall–Kier alpha value is -2.64. The van der Waals surface area contributed by atoms with Gasteiger partial charge in [0.25, 0.3) is 0 Å². The highest BCUT2D eigenvalue weighted by molar-refractivity contribution is 5.97. The molecule has 0 aliphatic carbocycles. The fraction of sp³-hybridized carbons (Fsp3) is 0.429. The molecule has 0 aromatic carbocycles. The summed E-state index contributed by atoms with van der Waals surface area (Å²) in [6, 6.07) is -0.854. The maximum absolute atomic E-state index is 12.9. The third-order valence-electron chi connectivity index (χ3n) is 4.93. The van der Waals surface area contributed by atoms with Crippen LogP contribution in [0.25, 0.3) is 0 Å². The molecular weight excluding hydrogens is 284 g/mol. The van der Waals surface area contributed by atoms with Crippen molar-refractivity contribution in [2.75, 3.05) is 0 Å². The second kappa shape index (κ2) is 3.96. The Balaban J connectivity index is 1.55. The zero-order valence-electron chi connectivity index (χ0n) is 11.7. The Morgan fingerprint density at radius 1 is 0.864 bits per heavy atom. The van der Waals surface area contributed by atoms with Crippen molar-refractivity contribution < 1.29 is 9.59 Å². The molecule has 2 amide bonds. The van der Waals surface area contributed by atoms with Gasteiger partial charge in [0.15, 0.2) is 0 Å². The molecule has 8 heteroatoms. The number of aromatic nitrogens is 4. The van der Waals surface area contributed by atoms with Gasteiger partial charge in [-0.3, -0.25) is 9.59 Å². The lowest BCUT2D eigenvalue weighted by atomic mass is 9.91. The minimum atomic E-state index is -0.427. The largest absolute Gasteiger partial charge is 0.347 e. The van der Waals surface area contributed by atoms with E-state index in [1.54, 1.807) is 22.5 Å². The quantitative estimate of drug-likeness (QED) is 0.675. The summed E-state index contributed by atoms with van der Waals surface area (Å²) < 4.78 is 0. The van der Waals surface area contributed by atoms with Crippen LogP contribution in [0.1, 0.15) is 22.8 Å². The number of hydrogen-bond donors (Lipinski definition) is 2. The average Bonchev–Trinajstić information content (AvgIpc) is 3.17.